The van der Waals surface area contributed by atoms with Gasteiger partial charge in [0.15, 0.2) is 10.8 Å². The van der Waals surface area contributed by atoms with Gasteiger partial charge in [0, 0.05) is 5.38 Å². The number of nitrogens with two attached hydrogens (primary N) is 1. The fraction of sp³-hybridized carbons (Fsp3) is 0.294. The van der Waals surface area contributed by atoms with Crippen molar-refractivity contribution >= 4 is 41.2 Å². The van der Waals surface area contributed by atoms with E-state index in [-0.39, 0.29) is 34.3 Å². The molecular weight excluding hydrogens is 399 g/mol. The van der Waals surface area contributed by atoms with E-state index in [1.54, 1.807) is 17.5 Å². The third kappa shape index (κ3) is 4.66. The predicted molar refractivity (Wildman–Crippen MR) is 107 cm³/mol. The van der Waals surface area contributed by atoms with Gasteiger partial charge < -0.3 is 30.7 Å². The summed E-state index contributed by atoms with van der Waals surface area (Å²) in [5.74, 6) is -2.53. The number of anilines is 1. The zero-order valence-corrected chi connectivity index (χ0v) is 16.3. The van der Waals surface area contributed by atoms with Crippen LogP contribution in [0.2, 0.25) is 0 Å². The summed E-state index contributed by atoms with van der Waals surface area (Å²) in [6.45, 7) is 2.21. The van der Waals surface area contributed by atoms with Crippen molar-refractivity contribution in [3.8, 4) is 5.75 Å². The molecule has 0 bridgehead atoms. The second-order valence-electron chi connectivity index (χ2n) is 6.24. The number of hydrogen-bond acceptors (Lipinski definition) is 9. The minimum Gasteiger partial charge on any atom is -0.534 e. The average Bonchev–Trinajstić information content (AvgIpc) is 3.11. The van der Waals surface area contributed by atoms with Crippen molar-refractivity contribution in [2.24, 2.45) is 5.16 Å². The predicted octanol–water partition coefficient (Wildman–Crippen LogP) is 0.694. The van der Waals surface area contributed by atoms with Gasteiger partial charge >= 0.3 is 13.1 Å². The maximum Gasteiger partial charge on any atom is 0.547 e. The molecular formula is C17H19BN4O6S. The molecule has 1 aromatic carbocycles. The number of oxime groups is 1. The highest BCUT2D eigenvalue weighted by Gasteiger charge is 2.38. The van der Waals surface area contributed by atoms with Crippen molar-refractivity contribution in [3.05, 3.63) is 40.4 Å². The van der Waals surface area contributed by atoms with Crippen molar-refractivity contribution in [2.45, 2.75) is 25.7 Å². The number of nitrogen functional groups attached to an aromatic ring is 1. The monoisotopic (exact) mass is 418 g/mol. The van der Waals surface area contributed by atoms with E-state index in [0.29, 0.717) is 18.6 Å². The van der Waals surface area contributed by atoms with Crippen LogP contribution in [0.5, 0.6) is 5.75 Å². The number of thiazole rings is 1. The SMILES string of the molecule is CCCON=C(C(=O)NC1Cc2cccc(C(=O)O)c2OB1O)c1csc(N)n1. The Hall–Kier alpha value is -3.12. The van der Waals surface area contributed by atoms with E-state index >= 15 is 0 Å². The van der Waals surface area contributed by atoms with E-state index in [0.717, 1.165) is 11.3 Å². The molecule has 3 rings (SSSR count). The summed E-state index contributed by atoms with van der Waals surface area (Å²) in [7, 11) is -1.44. The number of amides is 1. The van der Waals surface area contributed by atoms with E-state index in [9.17, 15) is 19.7 Å². The van der Waals surface area contributed by atoms with Gasteiger partial charge in [0.1, 0.15) is 18.1 Å². The molecule has 0 spiro atoms. The number of aromatic carboxylic acids is 1. The Kier molecular flexibility index (Phi) is 6.34. The van der Waals surface area contributed by atoms with E-state index in [4.69, 9.17) is 15.2 Å². The van der Waals surface area contributed by atoms with Gasteiger partial charge in [0.25, 0.3) is 5.91 Å². The molecule has 2 heterocycles. The first kappa shape index (κ1) is 20.6. The van der Waals surface area contributed by atoms with Crippen LogP contribution in [0.15, 0.2) is 28.7 Å². The highest BCUT2D eigenvalue weighted by atomic mass is 32.1. The molecule has 1 aromatic heterocycles. The lowest BCUT2D eigenvalue weighted by Gasteiger charge is -2.28. The molecule has 152 valence electrons. The molecule has 0 saturated heterocycles. The molecule has 29 heavy (non-hydrogen) atoms. The number of aromatic nitrogens is 1. The third-order valence-corrected chi connectivity index (χ3v) is 4.77. The Bertz CT molecular complexity index is 950. The van der Waals surface area contributed by atoms with Crippen molar-refractivity contribution in [3.63, 3.8) is 0 Å². The summed E-state index contributed by atoms with van der Waals surface area (Å²) in [4.78, 5) is 33.3. The standard InChI is InChI=1S/C17H19BN4O6S/c1-2-6-27-22-13(11-8-29-17(19)20-11)15(23)21-12-7-9-4-3-5-10(16(24)25)14(9)28-18(12)26/h3-5,8,12,26H,2,6-7H2,1H3,(H2,19,20)(H,21,23)(H,24,25). The zero-order chi connectivity index (χ0) is 21.0. The number of benzene rings is 1. The number of hydrogen-bond donors (Lipinski definition) is 4. The van der Waals surface area contributed by atoms with Crippen LogP contribution >= 0.6 is 11.3 Å². The van der Waals surface area contributed by atoms with Crippen molar-refractivity contribution in [1.29, 1.82) is 0 Å². The Labute approximate surface area is 170 Å². The lowest BCUT2D eigenvalue weighted by Crippen LogP contribution is -2.54. The van der Waals surface area contributed by atoms with Crippen LogP contribution in [-0.2, 0) is 16.1 Å². The minimum atomic E-state index is -1.44. The first-order chi connectivity index (χ1) is 13.9. The van der Waals surface area contributed by atoms with Gasteiger partial charge in [-0.05, 0) is 24.5 Å². The zero-order valence-electron chi connectivity index (χ0n) is 15.5. The smallest absolute Gasteiger partial charge is 0.534 e. The molecule has 0 radical (unpaired) electrons. The van der Waals surface area contributed by atoms with E-state index < -0.39 is 24.9 Å². The lowest BCUT2D eigenvalue weighted by atomic mass is 9.72. The molecule has 0 saturated carbocycles. The van der Waals surface area contributed by atoms with Gasteiger partial charge in [0.2, 0.25) is 0 Å². The van der Waals surface area contributed by atoms with Crippen molar-refractivity contribution in [2.75, 3.05) is 12.3 Å². The number of carboxylic acids is 1. The van der Waals surface area contributed by atoms with E-state index in [1.165, 1.54) is 6.07 Å². The highest BCUT2D eigenvalue weighted by Crippen LogP contribution is 2.30. The number of carbonyl (C=O) groups is 2. The average molecular weight is 418 g/mol. The maximum absolute atomic E-state index is 12.8. The largest absolute Gasteiger partial charge is 0.547 e. The van der Waals surface area contributed by atoms with Gasteiger partial charge in [0.05, 0.1) is 11.5 Å². The molecule has 0 aliphatic carbocycles. The van der Waals surface area contributed by atoms with Crippen LogP contribution in [-0.4, -0.2) is 52.4 Å². The van der Waals surface area contributed by atoms with Crippen LogP contribution in [0, 0.1) is 0 Å². The molecule has 1 aliphatic heterocycles. The Morgan fingerprint density at radius 1 is 1.52 bits per heavy atom. The maximum atomic E-state index is 12.8. The number of nitrogens with zero attached hydrogens (tertiary/aromatic N) is 2. The Balaban J connectivity index is 1.80. The Morgan fingerprint density at radius 2 is 2.31 bits per heavy atom. The van der Waals surface area contributed by atoms with Gasteiger partial charge in [-0.1, -0.05) is 24.2 Å². The number of carbonyl (C=O) groups excluding carboxylic acids is 1. The Morgan fingerprint density at radius 3 is 2.97 bits per heavy atom. The molecule has 1 unspecified atom stereocenters. The number of nitrogens with one attached hydrogen (secondary N) is 1. The number of para-hydroxylation sites is 1. The number of carboxylic acid groups (broad SMARTS) is 1. The van der Waals surface area contributed by atoms with Gasteiger partial charge in [-0.3, -0.25) is 4.79 Å². The topological polar surface area (TPSA) is 156 Å². The molecule has 12 heteroatoms. The summed E-state index contributed by atoms with van der Waals surface area (Å²) in [5, 5.41) is 27.9. The van der Waals surface area contributed by atoms with Crippen LogP contribution < -0.4 is 15.7 Å². The van der Waals surface area contributed by atoms with Crippen LogP contribution in [0.25, 0.3) is 0 Å². The normalized spacial score (nSPS) is 16.0. The highest BCUT2D eigenvalue weighted by molar-refractivity contribution is 7.13. The summed E-state index contributed by atoms with van der Waals surface area (Å²) >= 11 is 1.15. The van der Waals surface area contributed by atoms with Gasteiger partial charge in [-0.2, -0.15) is 0 Å². The number of rotatable bonds is 7. The van der Waals surface area contributed by atoms with Crippen LogP contribution in [0.4, 0.5) is 5.13 Å². The molecule has 10 nitrogen and oxygen atoms in total. The molecule has 1 amide bonds. The fourth-order valence-electron chi connectivity index (χ4n) is 2.76. The van der Waals surface area contributed by atoms with Gasteiger partial charge in [-0.25, -0.2) is 9.78 Å². The quantitative estimate of drug-likeness (QED) is 0.222. The van der Waals surface area contributed by atoms with Gasteiger partial charge in [-0.15, -0.1) is 11.3 Å². The summed E-state index contributed by atoms with van der Waals surface area (Å²) in [5.41, 5.74) is 6.31. The summed E-state index contributed by atoms with van der Waals surface area (Å²) < 4.78 is 5.38. The second-order valence-corrected chi connectivity index (χ2v) is 7.13. The first-order valence-electron chi connectivity index (χ1n) is 8.82. The molecule has 5 N–H and O–H groups in total. The van der Waals surface area contributed by atoms with Crippen molar-refractivity contribution in [1.82, 2.24) is 10.3 Å². The molecule has 1 atom stereocenters. The molecule has 1 aliphatic rings. The lowest BCUT2D eigenvalue weighted by molar-refractivity contribution is -0.115. The second kappa shape index (κ2) is 8.92. The van der Waals surface area contributed by atoms with Crippen LogP contribution in [0.3, 0.4) is 0 Å². The summed E-state index contributed by atoms with van der Waals surface area (Å²) in [6, 6.07) is 4.63. The number of fused-ring (bicyclic) bond motifs is 1. The molecule has 2 aromatic rings. The van der Waals surface area contributed by atoms with E-state index in [2.05, 4.69) is 15.5 Å². The van der Waals surface area contributed by atoms with Crippen molar-refractivity contribution < 1.29 is 29.2 Å². The third-order valence-electron chi connectivity index (χ3n) is 4.10. The summed E-state index contributed by atoms with van der Waals surface area (Å²) in [6.07, 6.45) is 0.876. The van der Waals surface area contributed by atoms with E-state index in [1.807, 2.05) is 6.92 Å². The first-order valence-corrected chi connectivity index (χ1v) is 9.70. The minimum absolute atomic E-state index is 0.0560. The van der Waals surface area contributed by atoms with Crippen LogP contribution in [0.1, 0.15) is 35.0 Å². The fourth-order valence-corrected chi connectivity index (χ4v) is 3.30. The molecule has 0 fully saturated rings.